The Morgan fingerprint density at radius 2 is 2.27 bits per heavy atom. The van der Waals surface area contributed by atoms with Crippen molar-refractivity contribution in [3.8, 4) is 5.88 Å². The van der Waals surface area contributed by atoms with Gasteiger partial charge in [-0.25, -0.2) is 0 Å². The van der Waals surface area contributed by atoms with E-state index < -0.39 is 5.56 Å². The topological polar surface area (TPSA) is 60.7 Å². The molecule has 0 radical (unpaired) electrons. The minimum atomic E-state index is -0.424. The van der Waals surface area contributed by atoms with Gasteiger partial charge in [-0.05, 0) is 12.1 Å². The second-order valence-electron chi connectivity index (χ2n) is 2.89. The fraction of sp³-hybridized carbons (Fsp3) is 0.100. The van der Waals surface area contributed by atoms with Crippen molar-refractivity contribution in [1.29, 1.82) is 0 Å². The highest BCUT2D eigenvalue weighted by molar-refractivity contribution is 5.78. The number of aromatic nitrogens is 2. The molecule has 0 saturated heterocycles. The van der Waals surface area contributed by atoms with Crippen LogP contribution in [0.25, 0.3) is 5.65 Å². The summed E-state index contributed by atoms with van der Waals surface area (Å²) < 4.78 is 6.17. The zero-order valence-corrected chi connectivity index (χ0v) is 8.01. The number of nitrogens with zero attached hydrogens (tertiary/aromatic N) is 2. The van der Waals surface area contributed by atoms with Crippen molar-refractivity contribution in [3.63, 3.8) is 0 Å². The normalized spacial score (nSPS) is 10.2. The minimum absolute atomic E-state index is 0.0567. The number of rotatable bonds is 2. The third kappa shape index (κ3) is 1.38. The summed E-state index contributed by atoms with van der Waals surface area (Å²) in [6.07, 6.45) is 2.00. The molecule has 0 atom stereocenters. The summed E-state index contributed by atoms with van der Waals surface area (Å²) in [5.41, 5.74) is -0.0430. The number of hydrogen-bond acceptors (Lipinski definition) is 4. The van der Waals surface area contributed by atoms with Gasteiger partial charge in [-0.1, -0.05) is 6.07 Å². The fourth-order valence-electron chi connectivity index (χ4n) is 1.34. The maximum absolute atomic E-state index is 11.8. The molecule has 2 aromatic rings. The number of methoxy groups -OCH3 is 1. The van der Waals surface area contributed by atoms with E-state index in [1.54, 1.807) is 24.4 Å². The van der Waals surface area contributed by atoms with Gasteiger partial charge in [0.1, 0.15) is 11.2 Å². The predicted molar refractivity (Wildman–Crippen MR) is 53.4 cm³/mol. The molecule has 0 aliphatic rings. The Morgan fingerprint density at radius 3 is 2.93 bits per heavy atom. The summed E-state index contributed by atoms with van der Waals surface area (Å²) in [6.45, 7) is 0. The van der Waals surface area contributed by atoms with Crippen molar-refractivity contribution in [1.82, 2.24) is 9.38 Å². The second-order valence-corrected chi connectivity index (χ2v) is 2.89. The molecule has 0 unspecified atom stereocenters. The Kier molecular flexibility index (Phi) is 2.21. The molecule has 2 aromatic heterocycles. The van der Waals surface area contributed by atoms with Gasteiger partial charge in [-0.3, -0.25) is 14.0 Å². The molecular formula is C10H8N2O3. The molecule has 5 heteroatoms. The van der Waals surface area contributed by atoms with Crippen molar-refractivity contribution < 1.29 is 9.53 Å². The first-order valence-electron chi connectivity index (χ1n) is 4.28. The fourth-order valence-corrected chi connectivity index (χ4v) is 1.34. The van der Waals surface area contributed by atoms with Gasteiger partial charge < -0.3 is 4.74 Å². The number of carbonyl (C=O) groups excluding carboxylic acids is 1. The molecule has 0 spiro atoms. The smallest absolute Gasteiger partial charge is 0.272 e. The number of ether oxygens (including phenoxy) is 1. The third-order valence-corrected chi connectivity index (χ3v) is 2.05. The molecule has 0 aromatic carbocycles. The van der Waals surface area contributed by atoms with Crippen molar-refractivity contribution in [3.05, 3.63) is 40.3 Å². The van der Waals surface area contributed by atoms with E-state index in [-0.39, 0.29) is 11.4 Å². The number of fused-ring (bicyclic) bond motifs is 1. The van der Waals surface area contributed by atoms with Gasteiger partial charge in [0, 0.05) is 6.20 Å². The number of carbonyl (C=O) groups is 1. The summed E-state index contributed by atoms with van der Waals surface area (Å²) in [4.78, 5) is 26.5. The highest BCUT2D eigenvalue weighted by atomic mass is 16.5. The van der Waals surface area contributed by atoms with E-state index in [1.165, 1.54) is 11.5 Å². The first-order valence-corrected chi connectivity index (χ1v) is 4.28. The number of aldehydes is 1. The van der Waals surface area contributed by atoms with Crippen LogP contribution in [0.3, 0.4) is 0 Å². The van der Waals surface area contributed by atoms with E-state index in [2.05, 4.69) is 4.98 Å². The van der Waals surface area contributed by atoms with Crippen LogP contribution in [-0.4, -0.2) is 22.8 Å². The Bertz CT molecular complexity index is 574. The number of pyridine rings is 1. The van der Waals surface area contributed by atoms with Gasteiger partial charge in [0.15, 0.2) is 6.29 Å². The highest BCUT2D eigenvalue weighted by Crippen LogP contribution is 2.09. The lowest BCUT2D eigenvalue weighted by Crippen LogP contribution is -2.20. The van der Waals surface area contributed by atoms with Crippen LogP contribution in [0, 0.1) is 0 Å². The lowest BCUT2D eigenvalue weighted by molar-refractivity contribution is 0.111. The lowest BCUT2D eigenvalue weighted by atomic mass is 10.3. The summed E-state index contributed by atoms with van der Waals surface area (Å²) in [5, 5.41) is 0. The zero-order chi connectivity index (χ0) is 10.8. The molecule has 0 bridgehead atoms. The van der Waals surface area contributed by atoms with E-state index in [9.17, 15) is 9.59 Å². The van der Waals surface area contributed by atoms with Crippen LogP contribution < -0.4 is 10.3 Å². The van der Waals surface area contributed by atoms with Gasteiger partial charge in [-0.15, -0.1) is 0 Å². The van der Waals surface area contributed by atoms with Gasteiger partial charge in [0.25, 0.3) is 5.56 Å². The molecule has 0 N–H and O–H groups in total. The molecule has 0 amide bonds. The van der Waals surface area contributed by atoms with Crippen LogP contribution in [-0.2, 0) is 0 Å². The van der Waals surface area contributed by atoms with Crippen LogP contribution >= 0.6 is 0 Å². The Labute approximate surface area is 84.9 Å². The summed E-state index contributed by atoms with van der Waals surface area (Å²) in [7, 11) is 1.37. The summed E-state index contributed by atoms with van der Waals surface area (Å²) in [6, 6.07) is 5.11. The molecule has 0 saturated carbocycles. The molecular weight excluding hydrogens is 196 g/mol. The maximum atomic E-state index is 11.8. The van der Waals surface area contributed by atoms with E-state index in [1.807, 2.05) is 0 Å². The van der Waals surface area contributed by atoms with Gasteiger partial charge in [0.05, 0.1) is 7.11 Å². The zero-order valence-electron chi connectivity index (χ0n) is 8.01. The van der Waals surface area contributed by atoms with Gasteiger partial charge in [-0.2, -0.15) is 4.98 Å². The van der Waals surface area contributed by atoms with E-state index in [0.29, 0.717) is 11.9 Å². The van der Waals surface area contributed by atoms with E-state index >= 15 is 0 Å². The summed E-state index contributed by atoms with van der Waals surface area (Å²) >= 11 is 0. The largest absolute Gasteiger partial charge is 0.480 e. The molecule has 0 aliphatic carbocycles. The monoisotopic (exact) mass is 204 g/mol. The van der Waals surface area contributed by atoms with E-state index in [0.717, 1.165) is 0 Å². The first kappa shape index (κ1) is 9.39. The van der Waals surface area contributed by atoms with Crippen molar-refractivity contribution in [2.45, 2.75) is 0 Å². The quantitative estimate of drug-likeness (QED) is 0.669. The second kappa shape index (κ2) is 3.53. The van der Waals surface area contributed by atoms with Crippen LogP contribution in [0.15, 0.2) is 29.2 Å². The van der Waals surface area contributed by atoms with Crippen LogP contribution in [0.5, 0.6) is 5.88 Å². The lowest BCUT2D eigenvalue weighted by Gasteiger charge is -2.04. The summed E-state index contributed by atoms with van der Waals surface area (Å²) in [5.74, 6) is 0.0567. The molecule has 15 heavy (non-hydrogen) atoms. The molecule has 5 nitrogen and oxygen atoms in total. The molecule has 76 valence electrons. The van der Waals surface area contributed by atoms with Crippen molar-refractivity contribution >= 4 is 11.9 Å². The predicted octanol–water partition coefficient (Wildman–Crippen LogP) is 0.516. The first-order chi connectivity index (χ1) is 7.27. The van der Waals surface area contributed by atoms with Gasteiger partial charge >= 0.3 is 0 Å². The van der Waals surface area contributed by atoms with E-state index in [4.69, 9.17) is 4.74 Å². The molecule has 2 rings (SSSR count). The Morgan fingerprint density at radius 1 is 1.47 bits per heavy atom. The Hall–Kier alpha value is -2.17. The molecule has 0 aliphatic heterocycles. The Balaban J connectivity index is 2.94. The number of hydrogen-bond donors (Lipinski definition) is 0. The van der Waals surface area contributed by atoms with Crippen LogP contribution in [0.4, 0.5) is 0 Å². The van der Waals surface area contributed by atoms with Crippen molar-refractivity contribution in [2.24, 2.45) is 0 Å². The SMILES string of the molecule is COc1nc2ccccn2c(=O)c1C=O. The average Bonchev–Trinajstić information content (AvgIpc) is 2.29. The average molecular weight is 204 g/mol. The minimum Gasteiger partial charge on any atom is -0.480 e. The molecule has 0 fully saturated rings. The standard InChI is InChI=1S/C10H8N2O3/c1-15-9-7(6-13)10(14)12-5-3-2-4-8(12)11-9/h2-6H,1H3. The van der Waals surface area contributed by atoms with Crippen LogP contribution in [0.2, 0.25) is 0 Å². The van der Waals surface area contributed by atoms with Crippen LogP contribution in [0.1, 0.15) is 10.4 Å². The molecule has 2 heterocycles. The van der Waals surface area contributed by atoms with Crippen molar-refractivity contribution in [2.75, 3.05) is 7.11 Å². The maximum Gasteiger partial charge on any atom is 0.272 e. The third-order valence-electron chi connectivity index (χ3n) is 2.05. The van der Waals surface area contributed by atoms with Gasteiger partial charge in [0.2, 0.25) is 5.88 Å². The highest BCUT2D eigenvalue weighted by Gasteiger charge is 2.11.